The number of hydrogen-bond acceptors (Lipinski definition) is 2. The van der Waals surface area contributed by atoms with Gasteiger partial charge in [-0.2, -0.15) is 13.2 Å². The minimum Gasteiger partial charge on any atom is -0.279 e. The summed E-state index contributed by atoms with van der Waals surface area (Å²) in [6.07, 6.45) is -4.34. The van der Waals surface area contributed by atoms with Gasteiger partial charge in [0.25, 0.3) is 0 Å². The Bertz CT molecular complexity index is 506. The van der Waals surface area contributed by atoms with Crippen LogP contribution in [0.1, 0.15) is 5.56 Å². The highest BCUT2D eigenvalue weighted by Gasteiger charge is 2.30. The Morgan fingerprint density at radius 1 is 1.00 bits per heavy atom. The van der Waals surface area contributed by atoms with Crippen LogP contribution >= 0.6 is 0 Å². The Morgan fingerprint density at radius 2 is 1.67 bits per heavy atom. The van der Waals surface area contributed by atoms with Crippen molar-refractivity contribution in [2.24, 2.45) is 5.84 Å². The van der Waals surface area contributed by atoms with Crippen molar-refractivity contribution >= 4 is 11.4 Å². The number of benzene rings is 2. The molecule has 2 nitrogen and oxygen atoms in total. The first-order valence-electron chi connectivity index (χ1n) is 5.17. The predicted octanol–water partition coefficient (Wildman–Crippen LogP) is 3.52. The number of nitrogens with zero attached hydrogens (tertiary/aromatic N) is 1. The molecule has 0 fully saturated rings. The second-order valence-electron chi connectivity index (χ2n) is 3.66. The normalized spacial score (nSPS) is 11.3. The minimum atomic E-state index is -4.34. The molecule has 2 aromatic carbocycles. The van der Waals surface area contributed by atoms with Crippen LogP contribution in [0, 0.1) is 6.07 Å². The van der Waals surface area contributed by atoms with Crippen LogP contribution in [-0.2, 0) is 6.18 Å². The predicted molar refractivity (Wildman–Crippen MR) is 63.0 cm³/mol. The van der Waals surface area contributed by atoms with Crippen LogP contribution in [0.25, 0.3) is 0 Å². The first kappa shape index (κ1) is 12.4. The molecule has 2 aromatic rings. The zero-order valence-electron chi connectivity index (χ0n) is 9.28. The maximum atomic E-state index is 12.4. The zero-order chi connectivity index (χ0) is 13.2. The van der Waals surface area contributed by atoms with Crippen LogP contribution in [0.3, 0.4) is 0 Å². The molecule has 18 heavy (non-hydrogen) atoms. The molecule has 0 bridgehead atoms. The molecular weight excluding hydrogens is 241 g/mol. The zero-order valence-corrected chi connectivity index (χ0v) is 9.28. The minimum absolute atomic E-state index is 0.463. The van der Waals surface area contributed by atoms with Gasteiger partial charge in [-0.15, -0.1) is 0 Å². The standard InChI is InChI=1S/C13H10F3N2/c14-13(15,16)10-6-8-12(9-7-10)18(17)11-4-2-1-3-5-11/h1-4,6-9H,17H2. The molecule has 0 aliphatic carbocycles. The highest BCUT2D eigenvalue weighted by molar-refractivity contribution is 5.61. The van der Waals surface area contributed by atoms with E-state index < -0.39 is 11.7 Å². The van der Waals surface area contributed by atoms with Gasteiger partial charge >= 0.3 is 6.18 Å². The second kappa shape index (κ2) is 4.70. The van der Waals surface area contributed by atoms with Gasteiger partial charge < -0.3 is 0 Å². The topological polar surface area (TPSA) is 29.3 Å². The largest absolute Gasteiger partial charge is 0.416 e. The Balaban J connectivity index is 2.25. The Hall–Kier alpha value is -2.01. The third-order valence-electron chi connectivity index (χ3n) is 2.42. The van der Waals surface area contributed by atoms with Crippen LogP contribution in [0.2, 0.25) is 0 Å². The number of hydrazine groups is 1. The van der Waals surface area contributed by atoms with Gasteiger partial charge in [-0.3, -0.25) is 5.01 Å². The molecule has 0 atom stereocenters. The summed E-state index contributed by atoms with van der Waals surface area (Å²) in [5.41, 5.74) is 0.347. The fourth-order valence-corrected chi connectivity index (χ4v) is 1.48. The quantitative estimate of drug-likeness (QED) is 0.653. The van der Waals surface area contributed by atoms with E-state index in [1.807, 2.05) is 0 Å². The van der Waals surface area contributed by atoms with Crippen LogP contribution in [0.15, 0.2) is 48.5 Å². The SMILES string of the molecule is NN(c1[c]cccc1)c1ccc(C(F)(F)F)cc1. The number of hydrogen-bond donors (Lipinski definition) is 1. The smallest absolute Gasteiger partial charge is 0.279 e. The van der Waals surface area contributed by atoms with Gasteiger partial charge in [-0.05, 0) is 30.3 Å². The summed E-state index contributed by atoms with van der Waals surface area (Å²) in [5.74, 6) is 5.80. The first-order chi connectivity index (χ1) is 8.48. The van der Waals surface area contributed by atoms with Gasteiger partial charge in [0.05, 0.1) is 16.9 Å². The average Bonchev–Trinajstić information content (AvgIpc) is 2.38. The second-order valence-corrected chi connectivity index (χ2v) is 3.66. The van der Waals surface area contributed by atoms with Crippen LogP contribution < -0.4 is 10.9 Å². The summed E-state index contributed by atoms with van der Waals surface area (Å²) in [6.45, 7) is 0. The highest BCUT2D eigenvalue weighted by atomic mass is 19.4. The fourth-order valence-electron chi connectivity index (χ4n) is 1.48. The van der Waals surface area contributed by atoms with E-state index in [0.29, 0.717) is 11.4 Å². The number of rotatable bonds is 2. The number of alkyl halides is 3. The average molecular weight is 251 g/mol. The molecule has 0 unspecified atom stereocenters. The van der Waals surface area contributed by atoms with Crippen molar-refractivity contribution in [2.45, 2.75) is 6.18 Å². The van der Waals surface area contributed by atoms with Gasteiger partial charge in [0.1, 0.15) is 0 Å². The van der Waals surface area contributed by atoms with Gasteiger partial charge in [0, 0.05) is 6.07 Å². The molecule has 0 aromatic heterocycles. The molecule has 93 valence electrons. The van der Waals surface area contributed by atoms with Crippen LogP contribution in [0.5, 0.6) is 0 Å². The van der Waals surface area contributed by atoms with Crippen molar-refractivity contribution < 1.29 is 13.2 Å². The maximum absolute atomic E-state index is 12.4. The van der Waals surface area contributed by atoms with E-state index in [4.69, 9.17) is 5.84 Å². The summed E-state index contributed by atoms with van der Waals surface area (Å²) >= 11 is 0. The van der Waals surface area contributed by atoms with Crippen molar-refractivity contribution in [3.8, 4) is 0 Å². The van der Waals surface area contributed by atoms with Gasteiger partial charge in [-0.25, -0.2) is 5.84 Å². The van der Waals surface area contributed by atoms with E-state index in [9.17, 15) is 13.2 Å². The van der Waals surface area contributed by atoms with Crippen molar-refractivity contribution in [3.05, 3.63) is 60.2 Å². The van der Waals surface area contributed by atoms with Gasteiger partial charge in [0.2, 0.25) is 0 Å². The van der Waals surface area contributed by atoms with Crippen molar-refractivity contribution in [3.63, 3.8) is 0 Å². The van der Waals surface area contributed by atoms with Crippen LogP contribution in [0.4, 0.5) is 24.5 Å². The van der Waals surface area contributed by atoms with E-state index in [-0.39, 0.29) is 0 Å². The number of halogens is 3. The molecule has 2 rings (SSSR count). The van der Waals surface area contributed by atoms with E-state index in [1.165, 1.54) is 17.1 Å². The lowest BCUT2D eigenvalue weighted by Crippen LogP contribution is -2.24. The summed E-state index contributed by atoms with van der Waals surface area (Å²) < 4.78 is 37.2. The molecule has 0 aliphatic heterocycles. The first-order valence-corrected chi connectivity index (χ1v) is 5.17. The molecule has 0 spiro atoms. The molecule has 1 radical (unpaired) electrons. The van der Waals surface area contributed by atoms with Crippen LogP contribution in [-0.4, -0.2) is 0 Å². The molecule has 5 heteroatoms. The Kier molecular flexibility index (Phi) is 3.25. The summed E-state index contributed by atoms with van der Waals surface area (Å²) in [5, 5.41) is 1.28. The van der Waals surface area contributed by atoms with Gasteiger partial charge in [-0.1, -0.05) is 18.2 Å². The third kappa shape index (κ3) is 2.62. The molecule has 0 saturated carbocycles. The van der Waals surface area contributed by atoms with Gasteiger partial charge in [0.15, 0.2) is 0 Å². The lowest BCUT2D eigenvalue weighted by atomic mass is 10.2. The van der Waals surface area contributed by atoms with E-state index >= 15 is 0 Å². The molecule has 0 saturated heterocycles. The summed E-state index contributed by atoms with van der Waals surface area (Å²) in [4.78, 5) is 0. The number of anilines is 2. The van der Waals surface area contributed by atoms with Crippen molar-refractivity contribution in [2.75, 3.05) is 5.01 Å². The van der Waals surface area contributed by atoms with Crippen molar-refractivity contribution in [1.82, 2.24) is 0 Å². The van der Waals surface area contributed by atoms with Crippen molar-refractivity contribution in [1.29, 1.82) is 0 Å². The molecule has 0 amide bonds. The highest BCUT2D eigenvalue weighted by Crippen LogP contribution is 2.31. The molecule has 0 heterocycles. The lowest BCUT2D eigenvalue weighted by molar-refractivity contribution is -0.137. The lowest BCUT2D eigenvalue weighted by Gasteiger charge is -2.19. The molecule has 2 N–H and O–H groups in total. The summed E-state index contributed by atoms with van der Waals surface area (Å²) in [6, 6.07) is 14.5. The molecular formula is C13H10F3N2. The monoisotopic (exact) mass is 251 g/mol. The van der Waals surface area contributed by atoms with E-state index in [0.717, 1.165) is 12.1 Å². The maximum Gasteiger partial charge on any atom is 0.416 e. The Morgan fingerprint density at radius 3 is 2.17 bits per heavy atom. The molecule has 0 aliphatic rings. The number of nitrogens with two attached hydrogens (primary N) is 1. The third-order valence-corrected chi connectivity index (χ3v) is 2.42. The number of para-hydroxylation sites is 1. The van der Waals surface area contributed by atoms with E-state index in [2.05, 4.69) is 6.07 Å². The fraction of sp³-hybridized carbons (Fsp3) is 0.0769. The summed E-state index contributed by atoms with van der Waals surface area (Å²) in [7, 11) is 0. The van der Waals surface area contributed by atoms with E-state index in [1.54, 1.807) is 24.3 Å². The Labute approximate surface area is 102 Å².